The Morgan fingerprint density at radius 2 is 1.62 bits per heavy atom. The minimum Gasteiger partial charge on any atom is -0.329 e. The number of likely N-dealkylation sites (N-methyl/N-ethyl adjacent to an activating group) is 1. The lowest BCUT2D eigenvalue weighted by atomic mass is 10.2. The Bertz CT molecular complexity index is 136. The number of hydrogen-bond acceptors (Lipinski definition) is 2. The van der Waals surface area contributed by atoms with Crippen LogP contribution in [0.25, 0.3) is 0 Å². The van der Waals surface area contributed by atoms with E-state index in [1.54, 1.807) is 0 Å². The zero-order valence-electron chi connectivity index (χ0n) is 12.8. The van der Waals surface area contributed by atoms with Crippen LogP contribution in [0.2, 0.25) is 0 Å². The first kappa shape index (κ1) is 21.0. The van der Waals surface area contributed by atoms with Crippen molar-refractivity contribution in [2.75, 3.05) is 26.7 Å². The third-order valence-corrected chi connectivity index (χ3v) is 1.76. The monoisotopic (exact) mass is 230 g/mol. The van der Waals surface area contributed by atoms with Gasteiger partial charge in [0.15, 0.2) is 0 Å². The van der Waals surface area contributed by atoms with Crippen LogP contribution in [0.4, 0.5) is 0 Å². The molecule has 2 N–H and O–H groups in total. The normalized spacial score (nSPS) is 8.94. The zero-order chi connectivity index (χ0) is 13.6. The summed E-state index contributed by atoms with van der Waals surface area (Å²) < 4.78 is 0. The SMILES string of the molecule is CC.CC(C)CN(C)CCN.CC=C(C)C. The maximum atomic E-state index is 5.36. The molecule has 0 rings (SSSR count). The van der Waals surface area contributed by atoms with Crippen LogP contribution in [0.5, 0.6) is 0 Å². The van der Waals surface area contributed by atoms with Crippen LogP contribution < -0.4 is 5.73 Å². The quantitative estimate of drug-likeness (QED) is 0.749. The first-order valence-electron chi connectivity index (χ1n) is 6.42. The van der Waals surface area contributed by atoms with E-state index in [2.05, 4.69) is 45.7 Å². The van der Waals surface area contributed by atoms with Crippen molar-refractivity contribution in [1.29, 1.82) is 0 Å². The molecule has 100 valence electrons. The zero-order valence-corrected chi connectivity index (χ0v) is 12.8. The summed E-state index contributed by atoms with van der Waals surface area (Å²) in [6, 6.07) is 0. The van der Waals surface area contributed by atoms with Crippen molar-refractivity contribution in [2.45, 2.75) is 48.5 Å². The third-order valence-electron chi connectivity index (χ3n) is 1.76. The Morgan fingerprint density at radius 1 is 1.25 bits per heavy atom. The van der Waals surface area contributed by atoms with E-state index in [1.807, 2.05) is 20.8 Å². The second-order valence-electron chi connectivity index (χ2n) is 4.31. The van der Waals surface area contributed by atoms with Crippen LogP contribution in [0.15, 0.2) is 11.6 Å². The lowest BCUT2D eigenvalue weighted by molar-refractivity contribution is 0.303. The van der Waals surface area contributed by atoms with Gasteiger partial charge in [0, 0.05) is 19.6 Å². The molecule has 0 aliphatic rings. The van der Waals surface area contributed by atoms with Crippen molar-refractivity contribution in [3.8, 4) is 0 Å². The summed E-state index contributed by atoms with van der Waals surface area (Å²) in [5.74, 6) is 0.751. The summed E-state index contributed by atoms with van der Waals surface area (Å²) in [6.45, 7) is 17.6. The summed E-state index contributed by atoms with van der Waals surface area (Å²) in [7, 11) is 2.10. The molecule has 0 aromatic heterocycles. The fraction of sp³-hybridized carbons (Fsp3) is 0.857. The van der Waals surface area contributed by atoms with Crippen LogP contribution in [0, 0.1) is 5.92 Å². The molecule has 0 aromatic rings. The molecule has 0 radical (unpaired) electrons. The maximum absolute atomic E-state index is 5.36. The van der Waals surface area contributed by atoms with E-state index < -0.39 is 0 Å². The molecule has 0 saturated heterocycles. The molecule has 2 nitrogen and oxygen atoms in total. The molecule has 0 amide bonds. The maximum Gasteiger partial charge on any atom is 0.0102 e. The van der Waals surface area contributed by atoms with Crippen molar-refractivity contribution in [3.05, 3.63) is 11.6 Å². The van der Waals surface area contributed by atoms with Crippen LogP contribution in [0.3, 0.4) is 0 Å². The van der Waals surface area contributed by atoms with Crippen LogP contribution in [-0.4, -0.2) is 31.6 Å². The molecule has 0 bridgehead atoms. The molecule has 0 saturated carbocycles. The molecule has 0 unspecified atom stereocenters. The topological polar surface area (TPSA) is 29.3 Å². The lowest BCUT2D eigenvalue weighted by Crippen LogP contribution is -2.28. The smallest absolute Gasteiger partial charge is 0.0102 e. The number of hydrogen-bond donors (Lipinski definition) is 1. The van der Waals surface area contributed by atoms with E-state index >= 15 is 0 Å². The predicted octanol–water partition coefficient (Wildman–Crippen LogP) is 3.53. The standard InChI is InChI=1S/C7H18N2.C5H10.C2H6/c1-7(2)6-9(3)5-4-8;1-4-5(2)3;1-2/h7H,4-6,8H2,1-3H3;4H,1-3H3;1-2H3. The average molecular weight is 230 g/mol. The van der Waals surface area contributed by atoms with Gasteiger partial charge in [-0.1, -0.05) is 39.3 Å². The van der Waals surface area contributed by atoms with E-state index in [0.717, 1.165) is 25.6 Å². The summed E-state index contributed by atoms with van der Waals surface area (Å²) >= 11 is 0. The lowest BCUT2D eigenvalue weighted by Gasteiger charge is -2.17. The molecule has 0 heterocycles. The van der Waals surface area contributed by atoms with Crippen molar-refractivity contribution in [1.82, 2.24) is 4.90 Å². The molecule has 0 aromatic carbocycles. The van der Waals surface area contributed by atoms with E-state index in [-0.39, 0.29) is 0 Å². The largest absolute Gasteiger partial charge is 0.329 e. The summed E-state index contributed by atoms with van der Waals surface area (Å²) in [5.41, 5.74) is 6.74. The van der Waals surface area contributed by atoms with Gasteiger partial charge in [0.05, 0.1) is 0 Å². The average Bonchev–Trinajstić information content (AvgIpc) is 2.21. The van der Waals surface area contributed by atoms with Crippen molar-refractivity contribution in [2.24, 2.45) is 11.7 Å². The highest BCUT2D eigenvalue weighted by molar-refractivity contribution is 4.88. The van der Waals surface area contributed by atoms with E-state index in [4.69, 9.17) is 5.73 Å². The Hall–Kier alpha value is -0.340. The Balaban J connectivity index is -0.000000205. The van der Waals surface area contributed by atoms with Gasteiger partial charge >= 0.3 is 0 Å². The van der Waals surface area contributed by atoms with Gasteiger partial charge in [0.2, 0.25) is 0 Å². The van der Waals surface area contributed by atoms with Gasteiger partial charge in [-0.15, -0.1) is 0 Å². The Morgan fingerprint density at radius 3 is 1.81 bits per heavy atom. The summed E-state index contributed by atoms with van der Waals surface area (Å²) in [6.07, 6.45) is 2.08. The van der Waals surface area contributed by atoms with E-state index in [9.17, 15) is 0 Å². The molecule has 0 fully saturated rings. The predicted molar refractivity (Wildman–Crippen MR) is 77.8 cm³/mol. The molecule has 16 heavy (non-hydrogen) atoms. The number of nitrogens with two attached hydrogens (primary N) is 1. The number of nitrogens with zero attached hydrogens (tertiary/aromatic N) is 1. The van der Waals surface area contributed by atoms with Crippen molar-refractivity contribution in [3.63, 3.8) is 0 Å². The van der Waals surface area contributed by atoms with Crippen LogP contribution in [0.1, 0.15) is 48.5 Å². The van der Waals surface area contributed by atoms with Crippen LogP contribution in [-0.2, 0) is 0 Å². The Labute approximate surface area is 104 Å². The van der Waals surface area contributed by atoms with Gasteiger partial charge in [-0.05, 0) is 33.7 Å². The number of allylic oxidation sites excluding steroid dienone is 2. The van der Waals surface area contributed by atoms with Crippen molar-refractivity contribution >= 4 is 0 Å². The molecule has 0 aliphatic heterocycles. The number of rotatable bonds is 4. The van der Waals surface area contributed by atoms with E-state index in [0.29, 0.717) is 0 Å². The fourth-order valence-corrected chi connectivity index (χ4v) is 0.935. The van der Waals surface area contributed by atoms with Gasteiger partial charge in [0.1, 0.15) is 0 Å². The molecule has 0 atom stereocenters. The molecule has 0 spiro atoms. The highest BCUT2D eigenvalue weighted by Crippen LogP contribution is 1.93. The molecular weight excluding hydrogens is 196 g/mol. The minimum absolute atomic E-state index is 0.751. The Kier molecular flexibility index (Phi) is 22.4. The van der Waals surface area contributed by atoms with Gasteiger partial charge < -0.3 is 10.6 Å². The van der Waals surface area contributed by atoms with Gasteiger partial charge in [-0.25, -0.2) is 0 Å². The van der Waals surface area contributed by atoms with Crippen LogP contribution >= 0.6 is 0 Å². The first-order chi connectivity index (χ1) is 7.43. The fourth-order valence-electron chi connectivity index (χ4n) is 0.935. The third kappa shape index (κ3) is 29.2. The summed E-state index contributed by atoms with van der Waals surface area (Å²) in [4.78, 5) is 2.25. The highest BCUT2D eigenvalue weighted by atomic mass is 15.1. The second kappa shape index (κ2) is 17.1. The van der Waals surface area contributed by atoms with Gasteiger partial charge in [0.25, 0.3) is 0 Å². The summed E-state index contributed by atoms with van der Waals surface area (Å²) in [5, 5.41) is 0. The van der Waals surface area contributed by atoms with Crippen molar-refractivity contribution < 1.29 is 0 Å². The van der Waals surface area contributed by atoms with E-state index in [1.165, 1.54) is 5.57 Å². The first-order valence-corrected chi connectivity index (χ1v) is 6.42. The molecule has 2 heteroatoms. The second-order valence-corrected chi connectivity index (χ2v) is 4.31. The van der Waals surface area contributed by atoms with Gasteiger partial charge in [-0.3, -0.25) is 0 Å². The molecule has 0 aliphatic carbocycles. The minimum atomic E-state index is 0.751. The molecular formula is C14H34N2. The highest BCUT2D eigenvalue weighted by Gasteiger charge is 1.98. The van der Waals surface area contributed by atoms with Gasteiger partial charge in [-0.2, -0.15) is 0 Å².